The predicted octanol–water partition coefficient (Wildman–Crippen LogP) is 4.53. The summed E-state index contributed by atoms with van der Waals surface area (Å²) in [7, 11) is 0. The van der Waals surface area contributed by atoms with Crippen molar-refractivity contribution in [1.29, 1.82) is 0 Å². The van der Waals surface area contributed by atoms with Gasteiger partial charge in [-0.05, 0) is 56.2 Å². The fourth-order valence-corrected chi connectivity index (χ4v) is 2.61. The average molecular weight is 419 g/mol. The van der Waals surface area contributed by atoms with E-state index in [-0.39, 0.29) is 11.9 Å². The average Bonchev–Trinajstić information content (AvgIpc) is 2.71. The number of nitrogens with zero attached hydrogens (tertiary/aromatic N) is 3. The maximum absolute atomic E-state index is 12.1. The van der Waals surface area contributed by atoms with Crippen molar-refractivity contribution in [3.8, 4) is 6.01 Å². The Kier molecular flexibility index (Phi) is 6.49. The first kappa shape index (κ1) is 21.8. The summed E-state index contributed by atoms with van der Waals surface area (Å²) >= 11 is 0. The topological polar surface area (TPSA) is 109 Å². The van der Waals surface area contributed by atoms with Crippen molar-refractivity contribution in [3.63, 3.8) is 0 Å². The Balaban J connectivity index is 1.65. The van der Waals surface area contributed by atoms with Crippen LogP contribution in [0.2, 0.25) is 0 Å². The van der Waals surface area contributed by atoms with Crippen molar-refractivity contribution < 1.29 is 14.6 Å². The second-order valence-corrected chi connectivity index (χ2v) is 7.79. The van der Waals surface area contributed by atoms with E-state index in [1.54, 1.807) is 30.3 Å². The molecule has 0 saturated heterocycles. The highest BCUT2D eigenvalue weighted by atomic mass is 16.6. The number of anilines is 3. The monoisotopic (exact) mass is 419 g/mol. The van der Waals surface area contributed by atoms with E-state index in [4.69, 9.17) is 4.74 Å². The van der Waals surface area contributed by atoms with Gasteiger partial charge in [0.1, 0.15) is 5.60 Å². The first-order chi connectivity index (χ1) is 14.7. The molecule has 3 aromatic rings. The molecular formula is C23H25N5O3. The summed E-state index contributed by atoms with van der Waals surface area (Å²) in [4.78, 5) is 24.2. The number of hydrogen-bond donors (Lipinski definition) is 3. The lowest BCUT2D eigenvalue weighted by atomic mass is 10.1. The van der Waals surface area contributed by atoms with Gasteiger partial charge in [-0.15, -0.1) is 0 Å². The van der Waals surface area contributed by atoms with E-state index in [2.05, 4.69) is 32.2 Å². The van der Waals surface area contributed by atoms with Gasteiger partial charge in [0.05, 0.1) is 5.56 Å². The summed E-state index contributed by atoms with van der Waals surface area (Å²) in [5.41, 5.74) is 2.57. The maximum atomic E-state index is 12.1. The van der Waals surface area contributed by atoms with Gasteiger partial charge in [-0.25, -0.2) is 4.79 Å². The van der Waals surface area contributed by atoms with Crippen LogP contribution >= 0.6 is 0 Å². The molecule has 1 aromatic heterocycles. The van der Waals surface area contributed by atoms with Crippen LogP contribution in [0.25, 0.3) is 6.08 Å². The lowest BCUT2D eigenvalue weighted by Gasteiger charge is -2.19. The highest BCUT2D eigenvalue weighted by Gasteiger charge is 2.17. The molecule has 0 unspecified atom stereocenters. The van der Waals surface area contributed by atoms with Crippen LogP contribution in [0.4, 0.5) is 17.6 Å². The number of aromatic nitrogens is 3. The van der Waals surface area contributed by atoms with Crippen LogP contribution in [0.15, 0.2) is 55.1 Å². The van der Waals surface area contributed by atoms with E-state index in [9.17, 15) is 9.90 Å². The zero-order valence-electron chi connectivity index (χ0n) is 17.7. The van der Waals surface area contributed by atoms with Crippen molar-refractivity contribution in [2.24, 2.45) is 0 Å². The van der Waals surface area contributed by atoms with Gasteiger partial charge in [-0.1, -0.05) is 36.9 Å². The van der Waals surface area contributed by atoms with Crippen molar-refractivity contribution in [1.82, 2.24) is 15.0 Å². The second-order valence-electron chi connectivity index (χ2n) is 7.79. The van der Waals surface area contributed by atoms with E-state index in [1.807, 2.05) is 45.0 Å². The third-order valence-electron chi connectivity index (χ3n) is 4.07. The number of ether oxygens (including phenoxy) is 1. The zero-order chi connectivity index (χ0) is 22.4. The predicted molar refractivity (Wildman–Crippen MR) is 120 cm³/mol. The number of rotatable bonds is 7. The highest BCUT2D eigenvalue weighted by molar-refractivity contribution is 5.90. The summed E-state index contributed by atoms with van der Waals surface area (Å²) < 4.78 is 5.35. The molecule has 0 amide bonds. The number of carbonyl (C=O) groups is 1. The molecule has 2 aromatic carbocycles. The van der Waals surface area contributed by atoms with Crippen LogP contribution in [0.5, 0.6) is 6.01 Å². The molecule has 0 aliphatic heterocycles. The molecule has 160 valence electrons. The molecule has 0 fully saturated rings. The first-order valence-corrected chi connectivity index (χ1v) is 9.72. The van der Waals surface area contributed by atoms with Gasteiger partial charge in [0.2, 0.25) is 11.9 Å². The number of benzene rings is 2. The van der Waals surface area contributed by atoms with Gasteiger partial charge in [0.15, 0.2) is 0 Å². The Hall–Kier alpha value is -3.94. The lowest BCUT2D eigenvalue weighted by Crippen LogP contribution is -2.23. The number of carbonyl (C=O) groups excluding carboxylic acids is 1. The number of aromatic hydroxyl groups is 1. The summed E-state index contributed by atoms with van der Waals surface area (Å²) in [5, 5.41) is 15.9. The van der Waals surface area contributed by atoms with Crippen LogP contribution in [0.1, 0.15) is 42.3 Å². The fraction of sp³-hybridized carbons (Fsp3) is 0.217. The van der Waals surface area contributed by atoms with Crippen molar-refractivity contribution in [3.05, 3.63) is 71.8 Å². The molecule has 0 aliphatic carbocycles. The molecule has 8 nitrogen and oxygen atoms in total. The molecule has 0 saturated carbocycles. The van der Waals surface area contributed by atoms with Gasteiger partial charge in [-0.2, -0.15) is 15.0 Å². The molecular weight excluding hydrogens is 394 g/mol. The highest BCUT2D eigenvalue weighted by Crippen LogP contribution is 2.19. The third-order valence-corrected chi connectivity index (χ3v) is 4.07. The van der Waals surface area contributed by atoms with E-state index >= 15 is 0 Å². The van der Waals surface area contributed by atoms with E-state index in [0.29, 0.717) is 17.8 Å². The van der Waals surface area contributed by atoms with Gasteiger partial charge in [0, 0.05) is 12.2 Å². The SMILES string of the molecule is C=Cc1ccc(CNc2nc(O)nc(Nc3ccc(C(=O)OC(C)(C)C)cc3)n2)cc1. The van der Waals surface area contributed by atoms with Gasteiger partial charge in [-0.3, -0.25) is 0 Å². The molecule has 0 radical (unpaired) electrons. The van der Waals surface area contributed by atoms with Gasteiger partial charge in [0.25, 0.3) is 0 Å². The minimum atomic E-state index is -0.562. The first-order valence-electron chi connectivity index (χ1n) is 9.72. The Morgan fingerprint density at radius 2 is 1.68 bits per heavy atom. The van der Waals surface area contributed by atoms with Crippen molar-refractivity contribution in [2.45, 2.75) is 32.9 Å². The van der Waals surface area contributed by atoms with Crippen molar-refractivity contribution in [2.75, 3.05) is 10.6 Å². The van der Waals surface area contributed by atoms with Crippen LogP contribution < -0.4 is 10.6 Å². The maximum Gasteiger partial charge on any atom is 0.338 e. The molecule has 0 spiro atoms. The zero-order valence-corrected chi connectivity index (χ0v) is 17.7. The number of esters is 1. The van der Waals surface area contributed by atoms with Crippen molar-refractivity contribution >= 4 is 29.6 Å². The molecule has 3 N–H and O–H groups in total. The molecule has 0 bridgehead atoms. The summed E-state index contributed by atoms with van der Waals surface area (Å²) in [6, 6.07) is 14.1. The molecule has 31 heavy (non-hydrogen) atoms. The number of nitrogens with one attached hydrogen (secondary N) is 2. The van der Waals surface area contributed by atoms with E-state index < -0.39 is 17.6 Å². The number of hydrogen-bond acceptors (Lipinski definition) is 8. The van der Waals surface area contributed by atoms with E-state index in [0.717, 1.165) is 11.1 Å². The quantitative estimate of drug-likeness (QED) is 0.479. The Morgan fingerprint density at radius 3 is 2.29 bits per heavy atom. The van der Waals surface area contributed by atoms with Crippen LogP contribution in [-0.4, -0.2) is 31.6 Å². The Bertz CT molecular complexity index is 1060. The standard InChI is InChI=1S/C23H25N5O3/c1-5-15-6-8-16(9-7-15)14-24-20-26-21(28-22(30)27-20)25-18-12-10-17(11-13-18)19(29)31-23(2,3)4/h5-13H,1,14H2,2-4H3,(H3,24,25,26,27,28,30). The largest absolute Gasteiger partial charge is 0.479 e. The third kappa shape index (κ3) is 6.53. The fourth-order valence-electron chi connectivity index (χ4n) is 2.61. The smallest absolute Gasteiger partial charge is 0.338 e. The minimum Gasteiger partial charge on any atom is -0.479 e. The van der Waals surface area contributed by atoms with Gasteiger partial charge >= 0.3 is 12.0 Å². The molecule has 1 heterocycles. The molecule has 3 rings (SSSR count). The Labute approximate surface area is 181 Å². The van der Waals surface area contributed by atoms with Crippen LogP contribution in [-0.2, 0) is 11.3 Å². The normalized spacial score (nSPS) is 10.9. The minimum absolute atomic E-state index is 0.169. The van der Waals surface area contributed by atoms with Crippen LogP contribution in [0, 0.1) is 0 Å². The van der Waals surface area contributed by atoms with E-state index in [1.165, 1.54) is 0 Å². The van der Waals surface area contributed by atoms with Gasteiger partial charge < -0.3 is 20.5 Å². The molecule has 0 atom stereocenters. The Morgan fingerprint density at radius 1 is 1.03 bits per heavy atom. The lowest BCUT2D eigenvalue weighted by molar-refractivity contribution is 0.00695. The summed E-state index contributed by atoms with van der Waals surface area (Å²) in [6.07, 6.45) is 1.78. The molecule has 8 heteroatoms. The second kappa shape index (κ2) is 9.25. The van der Waals surface area contributed by atoms with Crippen LogP contribution in [0.3, 0.4) is 0 Å². The summed E-state index contributed by atoms with van der Waals surface area (Å²) in [5.74, 6) is -0.000314. The molecule has 0 aliphatic rings. The summed E-state index contributed by atoms with van der Waals surface area (Å²) in [6.45, 7) is 9.66.